The third-order valence-corrected chi connectivity index (χ3v) is 5.48. The molecule has 2 aliphatic rings. The summed E-state index contributed by atoms with van der Waals surface area (Å²) in [7, 11) is 4.05. The maximum atomic E-state index is 13.1. The summed E-state index contributed by atoms with van der Waals surface area (Å²) in [5.74, 6) is 1.46. The van der Waals surface area contributed by atoms with Crippen LogP contribution in [0.2, 0.25) is 0 Å². The number of amides is 3. The molecule has 9 nitrogen and oxygen atoms in total. The van der Waals surface area contributed by atoms with Crippen molar-refractivity contribution in [3.8, 4) is 11.5 Å². The molecule has 0 bridgehead atoms. The monoisotopic (exact) mass is 434 g/mol. The SMILES string of the molecule is CCOC(=O)N1CCC(NC(=O)N(CCCN(C)C)Cc2ccc3c(c2)OCO3)CC1. The summed E-state index contributed by atoms with van der Waals surface area (Å²) in [4.78, 5) is 30.6. The van der Waals surface area contributed by atoms with E-state index in [1.807, 2.05) is 37.2 Å². The van der Waals surface area contributed by atoms with E-state index >= 15 is 0 Å². The Morgan fingerprint density at radius 1 is 1.16 bits per heavy atom. The maximum absolute atomic E-state index is 13.1. The molecule has 1 aromatic carbocycles. The Morgan fingerprint density at radius 3 is 2.61 bits per heavy atom. The molecule has 31 heavy (non-hydrogen) atoms. The van der Waals surface area contributed by atoms with Crippen LogP contribution in [0.5, 0.6) is 11.5 Å². The molecule has 0 atom stereocenters. The minimum atomic E-state index is -0.277. The van der Waals surface area contributed by atoms with Gasteiger partial charge in [0.1, 0.15) is 0 Å². The fourth-order valence-electron chi connectivity index (χ4n) is 3.78. The lowest BCUT2D eigenvalue weighted by Crippen LogP contribution is -2.50. The lowest BCUT2D eigenvalue weighted by atomic mass is 10.1. The van der Waals surface area contributed by atoms with Crippen molar-refractivity contribution in [1.29, 1.82) is 0 Å². The number of hydrogen-bond donors (Lipinski definition) is 1. The van der Waals surface area contributed by atoms with Crippen LogP contribution in [0.3, 0.4) is 0 Å². The maximum Gasteiger partial charge on any atom is 0.409 e. The zero-order valence-corrected chi connectivity index (χ0v) is 18.8. The highest BCUT2D eigenvalue weighted by Gasteiger charge is 2.26. The molecule has 0 saturated carbocycles. The largest absolute Gasteiger partial charge is 0.454 e. The molecule has 1 fully saturated rings. The molecule has 3 rings (SSSR count). The normalized spacial score (nSPS) is 15.8. The van der Waals surface area contributed by atoms with E-state index in [2.05, 4.69) is 10.2 Å². The van der Waals surface area contributed by atoms with E-state index in [9.17, 15) is 9.59 Å². The average Bonchev–Trinajstić information content (AvgIpc) is 3.21. The first-order chi connectivity index (χ1) is 15.0. The van der Waals surface area contributed by atoms with Crippen molar-refractivity contribution in [2.45, 2.75) is 38.8 Å². The molecule has 1 N–H and O–H groups in total. The predicted molar refractivity (Wildman–Crippen MR) is 116 cm³/mol. The smallest absolute Gasteiger partial charge is 0.409 e. The minimum absolute atomic E-state index is 0.0475. The van der Waals surface area contributed by atoms with Crippen LogP contribution < -0.4 is 14.8 Å². The first-order valence-electron chi connectivity index (χ1n) is 11.0. The van der Waals surface area contributed by atoms with Gasteiger partial charge in [0.2, 0.25) is 6.79 Å². The van der Waals surface area contributed by atoms with Crippen LogP contribution in [0.1, 0.15) is 31.7 Å². The van der Waals surface area contributed by atoms with Crippen molar-refractivity contribution in [3.05, 3.63) is 23.8 Å². The zero-order valence-electron chi connectivity index (χ0n) is 18.8. The van der Waals surface area contributed by atoms with Gasteiger partial charge in [0.25, 0.3) is 0 Å². The molecule has 172 valence electrons. The molecule has 1 saturated heterocycles. The Balaban J connectivity index is 1.56. The van der Waals surface area contributed by atoms with E-state index in [0.717, 1.165) is 42.9 Å². The van der Waals surface area contributed by atoms with Crippen molar-refractivity contribution >= 4 is 12.1 Å². The molecule has 0 aromatic heterocycles. The van der Waals surface area contributed by atoms with Crippen LogP contribution >= 0.6 is 0 Å². The van der Waals surface area contributed by atoms with Crippen LogP contribution in [0, 0.1) is 0 Å². The number of carbonyl (C=O) groups excluding carboxylic acids is 2. The fourth-order valence-corrected chi connectivity index (χ4v) is 3.78. The Bertz CT molecular complexity index is 749. The van der Waals surface area contributed by atoms with Gasteiger partial charge < -0.3 is 34.2 Å². The molecule has 2 heterocycles. The van der Waals surface area contributed by atoms with Gasteiger partial charge in [0, 0.05) is 32.2 Å². The van der Waals surface area contributed by atoms with E-state index in [1.54, 1.807) is 11.8 Å². The zero-order chi connectivity index (χ0) is 22.2. The van der Waals surface area contributed by atoms with Gasteiger partial charge in [0.15, 0.2) is 11.5 Å². The lowest BCUT2D eigenvalue weighted by molar-refractivity contribution is 0.0950. The number of nitrogens with zero attached hydrogens (tertiary/aromatic N) is 3. The summed E-state index contributed by atoms with van der Waals surface area (Å²) in [6.45, 7) is 5.64. The Morgan fingerprint density at radius 2 is 1.90 bits per heavy atom. The molecule has 9 heteroatoms. The van der Waals surface area contributed by atoms with Crippen molar-refractivity contribution in [3.63, 3.8) is 0 Å². The number of fused-ring (bicyclic) bond motifs is 1. The number of carbonyl (C=O) groups is 2. The Hall–Kier alpha value is -2.68. The van der Waals surface area contributed by atoms with Gasteiger partial charge in [-0.15, -0.1) is 0 Å². The third kappa shape index (κ3) is 6.65. The molecular formula is C22H34N4O5. The summed E-state index contributed by atoms with van der Waals surface area (Å²) in [5, 5.41) is 3.16. The van der Waals surface area contributed by atoms with Crippen LogP contribution in [0.4, 0.5) is 9.59 Å². The van der Waals surface area contributed by atoms with Crippen molar-refractivity contribution < 1.29 is 23.8 Å². The highest BCUT2D eigenvalue weighted by molar-refractivity contribution is 5.74. The topological polar surface area (TPSA) is 83.6 Å². The van der Waals surface area contributed by atoms with Gasteiger partial charge in [-0.1, -0.05) is 6.07 Å². The number of rotatable bonds is 8. The standard InChI is InChI=1S/C22H34N4O5/c1-4-29-22(28)25-12-8-18(9-13-25)23-21(27)26(11-5-10-24(2)3)15-17-6-7-19-20(14-17)31-16-30-19/h6-7,14,18H,4-5,8-13,15-16H2,1-3H3,(H,23,27). The number of likely N-dealkylation sites (tertiary alicyclic amines) is 1. The average molecular weight is 435 g/mol. The van der Waals surface area contributed by atoms with Gasteiger partial charge in [-0.3, -0.25) is 0 Å². The van der Waals surface area contributed by atoms with Gasteiger partial charge >= 0.3 is 12.1 Å². The van der Waals surface area contributed by atoms with Crippen molar-refractivity contribution in [1.82, 2.24) is 20.0 Å². The molecular weight excluding hydrogens is 400 g/mol. The quantitative estimate of drug-likeness (QED) is 0.677. The second-order valence-electron chi connectivity index (χ2n) is 8.18. The summed E-state index contributed by atoms with van der Waals surface area (Å²) >= 11 is 0. The molecule has 0 unspecified atom stereocenters. The van der Waals surface area contributed by atoms with Gasteiger partial charge in [-0.25, -0.2) is 9.59 Å². The summed E-state index contributed by atoms with van der Waals surface area (Å²) in [6.07, 6.45) is 2.05. The van der Waals surface area contributed by atoms with E-state index in [4.69, 9.17) is 14.2 Å². The molecule has 1 aromatic rings. The van der Waals surface area contributed by atoms with Crippen LogP contribution in [0.25, 0.3) is 0 Å². The number of ether oxygens (including phenoxy) is 3. The molecule has 2 aliphatic heterocycles. The highest BCUT2D eigenvalue weighted by Crippen LogP contribution is 2.32. The summed E-state index contributed by atoms with van der Waals surface area (Å²) < 4.78 is 15.9. The number of benzene rings is 1. The predicted octanol–water partition coefficient (Wildman–Crippen LogP) is 2.50. The summed E-state index contributed by atoms with van der Waals surface area (Å²) in [6, 6.07) is 5.76. The Kier molecular flexibility index (Phi) is 8.22. The third-order valence-electron chi connectivity index (χ3n) is 5.48. The summed E-state index contributed by atoms with van der Waals surface area (Å²) in [5.41, 5.74) is 1.00. The van der Waals surface area contributed by atoms with E-state index in [-0.39, 0.29) is 25.0 Å². The molecule has 0 spiro atoms. The second kappa shape index (κ2) is 11.1. The highest BCUT2D eigenvalue weighted by atomic mass is 16.7. The van der Waals surface area contributed by atoms with Crippen LogP contribution in [0.15, 0.2) is 18.2 Å². The van der Waals surface area contributed by atoms with E-state index < -0.39 is 0 Å². The number of nitrogens with one attached hydrogen (secondary N) is 1. The number of hydrogen-bond acceptors (Lipinski definition) is 6. The first-order valence-corrected chi connectivity index (χ1v) is 11.0. The van der Waals surface area contributed by atoms with Crippen molar-refractivity contribution in [2.24, 2.45) is 0 Å². The fraction of sp³-hybridized carbons (Fsp3) is 0.636. The molecule has 3 amide bonds. The first kappa shape index (κ1) is 23.0. The minimum Gasteiger partial charge on any atom is -0.454 e. The van der Waals surface area contributed by atoms with Crippen LogP contribution in [-0.4, -0.2) is 86.5 Å². The van der Waals surface area contributed by atoms with Gasteiger partial charge in [0.05, 0.1) is 6.61 Å². The number of piperidine rings is 1. The Labute approximate surface area is 184 Å². The molecule has 0 radical (unpaired) electrons. The van der Waals surface area contributed by atoms with E-state index in [0.29, 0.717) is 32.8 Å². The van der Waals surface area contributed by atoms with Gasteiger partial charge in [-0.2, -0.15) is 0 Å². The van der Waals surface area contributed by atoms with Crippen LogP contribution in [-0.2, 0) is 11.3 Å². The second-order valence-corrected chi connectivity index (χ2v) is 8.18. The van der Waals surface area contributed by atoms with Crippen molar-refractivity contribution in [2.75, 3.05) is 53.7 Å². The van der Waals surface area contributed by atoms with E-state index in [1.165, 1.54) is 0 Å². The lowest BCUT2D eigenvalue weighted by Gasteiger charge is -2.33. The van der Waals surface area contributed by atoms with Gasteiger partial charge in [-0.05, 0) is 64.5 Å². The molecule has 0 aliphatic carbocycles. The number of urea groups is 1.